The quantitative estimate of drug-likeness (QED) is 0.0222. The molecule has 0 rings (SSSR count). The van der Waals surface area contributed by atoms with Gasteiger partial charge >= 0.3 is 39.5 Å². The normalized spacial score (nSPS) is 13.9. The molecular formula is C78H152O17P2. The van der Waals surface area contributed by atoms with Gasteiger partial charge in [0.25, 0.3) is 0 Å². The molecule has 0 bridgehead atoms. The van der Waals surface area contributed by atoms with Crippen molar-refractivity contribution in [2.24, 2.45) is 5.92 Å². The van der Waals surface area contributed by atoms with E-state index in [0.717, 1.165) is 95.8 Å². The third-order valence-electron chi connectivity index (χ3n) is 18.3. The van der Waals surface area contributed by atoms with Crippen molar-refractivity contribution in [3.63, 3.8) is 0 Å². The first-order valence-corrected chi connectivity index (χ1v) is 43.6. The fourth-order valence-corrected chi connectivity index (χ4v) is 13.6. The number of phosphoric acid groups is 2. The van der Waals surface area contributed by atoms with Crippen molar-refractivity contribution < 1.29 is 80.2 Å². The van der Waals surface area contributed by atoms with E-state index in [-0.39, 0.29) is 25.7 Å². The van der Waals surface area contributed by atoms with E-state index in [1.54, 1.807) is 0 Å². The zero-order valence-electron chi connectivity index (χ0n) is 63.2. The summed E-state index contributed by atoms with van der Waals surface area (Å²) >= 11 is 0. The lowest BCUT2D eigenvalue weighted by molar-refractivity contribution is -0.161. The van der Waals surface area contributed by atoms with Crippen LogP contribution in [0.2, 0.25) is 0 Å². The predicted octanol–water partition coefficient (Wildman–Crippen LogP) is 23.3. The number of hydrogen-bond donors (Lipinski definition) is 3. The van der Waals surface area contributed by atoms with E-state index < -0.39 is 97.5 Å². The van der Waals surface area contributed by atoms with Crippen LogP contribution in [0.1, 0.15) is 413 Å². The van der Waals surface area contributed by atoms with Crippen molar-refractivity contribution >= 4 is 39.5 Å². The molecule has 0 aliphatic carbocycles. The second kappa shape index (κ2) is 71.1. The average molecular weight is 1420 g/mol. The molecule has 0 aromatic heterocycles. The van der Waals surface area contributed by atoms with Crippen LogP contribution in [0.5, 0.6) is 0 Å². The van der Waals surface area contributed by atoms with Gasteiger partial charge < -0.3 is 33.8 Å². The molecule has 0 spiro atoms. The van der Waals surface area contributed by atoms with Crippen molar-refractivity contribution in [1.29, 1.82) is 0 Å². The van der Waals surface area contributed by atoms with Crippen LogP contribution in [0.4, 0.5) is 0 Å². The number of aliphatic hydroxyl groups excluding tert-OH is 1. The first-order chi connectivity index (χ1) is 47.0. The Morgan fingerprint density at radius 2 is 0.474 bits per heavy atom. The standard InChI is InChI=1S/C78H152O17P2/c1-6-9-12-15-18-21-23-25-27-28-29-30-31-32-34-38-44-49-54-59-64-78(83)95-74(68-89-76(81)62-57-52-47-42-39-35-36-41-45-50-55-60-71(4)5)70-93-97(86,87)91-66-72(79)65-90-96(84,85)92-69-73(67-88-75(80)61-56-51-46-40-20-17-14-11-8-3)94-77(82)63-58-53-48-43-37-33-26-24-22-19-16-13-10-7-2/h71-74,79H,6-70H2,1-5H3,(H,84,85)(H,86,87)/t72-,73+,74+/m0/s1. The predicted molar refractivity (Wildman–Crippen MR) is 395 cm³/mol. The van der Waals surface area contributed by atoms with E-state index >= 15 is 0 Å². The average Bonchev–Trinajstić information content (AvgIpc) is 1.37. The van der Waals surface area contributed by atoms with Crippen LogP contribution in [-0.2, 0) is 65.4 Å². The Morgan fingerprint density at radius 1 is 0.278 bits per heavy atom. The Balaban J connectivity index is 5.21. The number of hydrogen-bond acceptors (Lipinski definition) is 15. The zero-order chi connectivity index (χ0) is 71.2. The summed E-state index contributed by atoms with van der Waals surface area (Å²) in [5.74, 6) is -1.34. The molecular weight excluding hydrogens is 1270 g/mol. The Kier molecular flexibility index (Phi) is 69.6. The first kappa shape index (κ1) is 95.1. The molecule has 19 heteroatoms. The molecule has 17 nitrogen and oxygen atoms in total. The number of esters is 4. The van der Waals surface area contributed by atoms with Gasteiger partial charge in [-0.2, -0.15) is 0 Å². The third kappa shape index (κ3) is 72.2. The number of carbonyl (C=O) groups excluding carboxylic acids is 4. The van der Waals surface area contributed by atoms with Gasteiger partial charge in [-0.05, 0) is 31.6 Å². The van der Waals surface area contributed by atoms with Crippen molar-refractivity contribution in [2.75, 3.05) is 39.6 Å². The molecule has 2 unspecified atom stereocenters. The largest absolute Gasteiger partial charge is 0.472 e. The van der Waals surface area contributed by atoms with Crippen LogP contribution in [0.25, 0.3) is 0 Å². The van der Waals surface area contributed by atoms with E-state index in [9.17, 15) is 43.2 Å². The van der Waals surface area contributed by atoms with Gasteiger partial charge in [0.2, 0.25) is 0 Å². The highest BCUT2D eigenvalue weighted by atomic mass is 31.2. The molecule has 3 N–H and O–H groups in total. The Hall–Kier alpha value is -1.94. The van der Waals surface area contributed by atoms with Crippen LogP contribution < -0.4 is 0 Å². The maximum absolute atomic E-state index is 13.1. The van der Waals surface area contributed by atoms with Crippen LogP contribution in [-0.4, -0.2) is 96.7 Å². The summed E-state index contributed by atoms with van der Waals surface area (Å²) in [6, 6.07) is 0. The summed E-state index contributed by atoms with van der Waals surface area (Å²) in [4.78, 5) is 72.8. The Labute approximate surface area is 594 Å². The molecule has 0 saturated heterocycles. The van der Waals surface area contributed by atoms with Crippen LogP contribution in [0, 0.1) is 5.92 Å². The molecule has 0 saturated carbocycles. The summed E-state index contributed by atoms with van der Waals surface area (Å²) in [5.41, 5.74) is 0. The number of carbonyl (C=O) groups is 4. The summed E-state index contributed by atoms with van der Waals surface area (Å²) < 4.78 is 68.6. The number of rotatable bonds is 78. The highest BCUT2D eigenvalue weighted by Gasteiger charge is 2.30. The van der Waals surface area contributed by atoms with Crippen LogP contribution in [0.3, 0.4) is 0 Å². The van der Waals surface area contributed by atoms with Crippen LogP contribution >= 0.6 is 15.6 Å². The SMILES string of the molecule is CCCCCCCCCCCCCCCCCCCCCCC(=O)O[C@H](COC(=O)CCCCCCCCCCCCCC(C)C)COP(=O)(O)OC[C@@H](O)COP(=O)(O)OC[C@@H](COC(=O)CCCCCCCCCCC)OC(=O)CCCCCCCCCCCCCCCC. The Bertz CT molecular complexity index is 1860. The van der Waals surface area contributed by atoms with Gasteiger partial charge in [0.05, 0.1) is 26.4 Å². The molecule has 576 valence electrons. The van der Waals surface area contributed by atoms with Crippen molar-refractivity contribution in [2.45, 2.75) is 432 Å². The fourth-order valence-electron chi connectivity index (χ4n) is 12.1. The van der Waals surface area contributed by atoms with E-state index in [1.807, 2.05) is 0 Å². The molecule has 0 amide bonds. The maximum Gasteiger partial charge on any atom is 0.472 e. The summed E-state index contributed by atoms with van der Waals surface area (Å²) in [6.45, 7) is 7.30. The fraction of sp³-hybridized carbons (Fsp3) is 0.949. The lowest BCUT2D eigenvalue weighted by Gasteiger charge is -2.21. The van der Waals surface area contributed by atoms with E-state index in [0.29, 0.717) is 25.7 Å². The molecule has 0 aliphatic heterocycles. The highest BCUT2D eigenvalue weighted by Crippen LogP contribution is 2.45. The number of unbranched alkanes of at least 4 members (excludes halogenated alkanes) is 50. The Morgan fingerprint density at radius 3 is 0.701 bits per heavy atom. The number of ether oxygens (including phenoxy) is 4. The minimum atomic E-state index is -4.96. The molecule has 0 aromatic rings. The van der Waals surface area contributed by atoms with E-state index in [1.165, 1.54) is 238 Å². The van der Waals surface area contributed by atoms with Gasteiger partial charge in [-0.3, -0.25) is 37.3 Å². The minimum Gasteiger partial charge on any atom is -0.462 e. The lowest BCUT2D eigenvalue weighted by atomic mass is 10.0. The minimum absolute atomic E-state index is 0.108. The molecule has 0 aliphatic rings. The van der Waals surface area contributed by atoms with E-state index in [4.69, 9.17) is 37.0 Å². The maximum atomic E-state index is 13.1. The van der Waals surface area contributed by atoms with Gasteiger partial charge in [0.15, 0.2) is 12.2 Å². The van der Waals surface area contributed by atoms with Gasteiger partial charge in [-0.15, -0.1) is 0 Å². The van der Waals surface area contributed by atoms with Crippen molar-refractivity contribution in [1.82, 2.24) is 0 Å². The smallest absolute Gasteiger partial charge is 0.462 e. The molecule has 0 fully saturated rings. The van der Waals surface area contributed by atoms with Crippen molar-refractivity contribution in [3.8, 4) is 0 Å². The summed E-state index contributed by atoms with van der Waals surface area (Å²) in [5, 5.41) is 10.6. The zero-order valence-corrected chi connectivity index (χ0v) is 65.0. The number of aliphatic hydroxyl groups is 1. The third-order valence-corrected chi connectivity index (χ3v) is 20.2. The monoisotopic (exact) mass is 1420 g/mol. The van der Waals surface area contributed by atoms with E-state index in [2.05, 4.69) is 34.6 Å². The van der Waals surface area contributed by atoms with Crippen LogP contribution in [0.15, 0.2) is 0 Å². The van der Waals surface area contributed by atoms with Gasteiger partial charge in [0.1, 0.15) is 19.3 Å². The second-order valence-electron chi connectivity index (χ2n) is 28.6. The number of phosphoric ester groups is 2. The molecule has 97 heavy (non-hydrogen) atoms. The second-order valence-corrected chi connectivity index (χ2v) is 31.5. The summed E-state index contributed by atoms with van der Waals surface area (Å²) in [7, 11) is -9.91. The van der Waals surface area contributed by atoms with Gasteiger partial charge in [-0.1, -0.05) is 362 Å². The lowest BCUT2D eigenvalue weighted by Crippen LogP contribution is -2.30. The molecule has 0 aromatic carbocycles. The summed E-state index contributed by atoms with van der Waals surface area (Å²) in [6.07, 6.45) is 61.0. The van der Waals surface area contributed by atoms with Gasteiger partial charge in [-0.25, -0.2) is 9.13 Å². The molecule has 5 atom stereocenters. The first-order valence-electron chi connectivity index (χ1n) is 40.6. The topological polar surface area (TPSA) is 237 Å². The van der Waals surface area contributed by atoms with Gasteiger partial charge in [0, 0.05) is 25.7 Å². The molecule has 0 heterocycles. The highest BCUT2D eigenvalue weighted by molar-refractivity contribution is 7.47. The van der Waals surface area contributed by atoms with Crippen molar-refractivity contribution in [3.05, 3.63) is 0 Å². The molecule has 0 radical (unpaired) electrons.